The van der Waals surface area contributed by atoms with Crippen LogP contribution in [0.25, 0.3) is 0 Å². The van der Waals surface area contributed by atoms with Crippen molar-refractivity contribution < 1.29 is 23.4 Å². The average molecular weight is 436 g/mol. The van der Waals surface area contributed by atoms with E-state index in [1.807, 2.05) is 38.1 Å². The van der Waals surface area contributed by atoms with E-state index in [1.54, 1.807) is 12.4 Å². The summed E-state index contributed by atoms with van der Waals surface area (Å²) in [6.07, 6.45) is 3.94. The molecule has 32 heavy (non-hydrogen) atoms. The molecule has 0 spiro atoms. The largest absolute Gasteiger partial charge is 0.488 e. The zero-order chi connectivity index (χ0) is 22.5. The highest BCUT2D eigenvalue weighted by molar-refractivity contribution is 5.94. The second kappa shape index (κ2) is 9.78. The molecule has 1 aromatic heterocycles. The summed E-state index contributed by atoms with van der Waals surface area (Å²) in [6, 6.07) is 10.3. The molecule has 2 heterocycles. The maximum atomic E-state index is 13.9. The molecule has 0 atom stereocenters. The molecule has 1 amide bonds. The number of aryl methyl sites for hydroxylation is 2. The number of pyridine rings is 1. The zero-order valence-electron chi connectivity index (χ0n) is 18.1. The van der Waals surface area contributed by atoms with E-state index in [0.717, 1.165) is 28.0 Å². The van der Waals surface area contributed by atoms with Gasteiger partial charge in [-0.05, 0) is 67.3 Å². The van der Waals surface area contributed by atoms with Crippen LogP contribution in [-0.4, -0.2) is 24.2 Å². The molecule has 7 heteroatoms. The minimum Gasteiger partial charge on any atom is -0.488 e. The smallest absolute Gasteiger partial charge is 0.251 e. The van der Waals surface area contributed by atoms with Crippen LogP contribution in [0.15, 0.2) is 48.8 Å². The van der Waals surface area contributed by atoms with Crippen molar-refractivity contribution >= 4 is 5.91 Å². The van der Waals surface area contributed by atoms with E-state index < -0.39 is 0 Å². The van der Waals surface area contributed by atoms with Crippen molar-refractivity contribution in [2.75, 3.05) is 13.3 Å². The van der Waals surface area contributed by atoms with Gasteiger partial charge < -0.3 is 19.5 Å². The molecule has 4 rings (SSSR count). The van der Waals surface area contributed by atoms with E-state index in [2.05, 4.69) is 10.3 Å². The van der Waals surface area contributed by atoms with Crippen LogP contribution in [0.5, 0.6) is 11.5 Å². The second-order valence-electron chi connectivity index (χ2n) is 7.76. The quantitative estimate of drug-likeness (QED) is 0.600. The summed E-state index contributed by atoms with van der Waals surface area (Å²) in [5.74, 6) is 0.877. The third kappa shape index (κ3) is 5.06. The van der Waals surface area contributed by atoms with Gasteiger partial charge in [-0.15, -0.1) is 0 Å². The number of hydrogen-bond acceptors (Lipinski definition) is 5. The zero-order valence-corrected chi connectivity index (χ0v) is 18.1. The maximum Gasteiger partial charge on any atom is 0.251 e. The fraction of sp³-hybridized carbons (Fsp3) is 0.280. The molecule has 6 nitrogen and oxygen atoms in total. The van der Waals surface area contributed by atoms with Crippen LogP contribution in [0.2, 0.25) is 0 Å². The van der Waals surface area contributed by atoms with Gasteiger partial charge in [0.1, 0.15) is 23.9 Å². The lowest BCUT2D eigenvalue weighted by Gasteiger charge is -2.21. The summed E-state index contributed by atoms with van der Waals surface area (Å²) < 4.78 is 30.6. The number of benzene rings is 2. The van der Waals surface area contributed by atoms with Gasteiger partial charge in [0, 0.05) is 35.6 Å². The van der Waals surface area contributed by atoms with Crippen molar-refractivity contribution in [3.05, 3.63) is 88.0 Å². The standard InChI is InChI=1S/C25H25FN2O4/c1-16-8-20(9-17(2)23(16)31-13-18-4-3-6-27-12-18)25(29)28-7-5-19-10-22(26)11-21-14-30-15-32-24(19)21/h3-4,6,8-12H,5,7,13-15H2,1-2H3,(H,28,29). The van der Waals surface area contributed by atoms with Crippen LogP contribution in [0.3, 0.4) is 0 Å². The van der Waals surface area contributed by atoms with Crippen LogP contribution in [-0.2, 0) is 24.4 Å². The van der Waals surface area contributed by atoms with Crippen molar-refractivity contribution in [1.82, 2.24) is 10.3 Å². The van der Waals surface area contributed by atoms with E-state index in [9.17, 15) is 9.18 Å². The van der Waals surface area contributed by atoms with Crippen LogP contribution < -0.4 is 14.8 Å². The first-order valence-electron chi connectivity index (χ1n) is 10.4. The van der Waals surface area contributed by atoms with E-state index in [4.69, 9.17) is 14.2 Å². The SMILES string of the molecule is Cc1cc(C(=O)NCCc2cc(F)cc3c2OCOC3)cc(C)c1OCc1cccnc1. The van der Waals surface area contributed by atoms with Crippen molar-refractivity contribution in [3.63, 3.8) is 0 Å². The number of ether oxygens (including phenoxy) is 3. The van der Waals surface area contributed by atoms with Crippen molar-refractivity contribution in [1.29, 1.82) is 0 Å². The van der Waals surface area contributed by atoms with E-state index in [1.165, 1.54) is 12.1 Å². The first-order valence-corrected chi connectivity index (χ1v) is 10.4. The Morgan fingerprint density at radius 2 is 2.03 bits per heavy atom. The molecule has 0 bridgehead atoms. The van der Waals surface area contributed by atoms with Crippen molar-refractivity contribution in [2.24, 2.45) is 0 Å². The predicted octanol–water partition coefficient (Wildman–Crippen LogP) is 4.26. The summed E-state index contributed by atoms with van der Waals surface area (Å²) in [5.41, 5.74) is 4.70. The molecule has 0 radical (unpaired) electrons. The highest BCUT2D eigenvalue weighted by Gasteiger charge is 2.17. The van der Waals surface area contributed by atoms with Gasteiger partial charge in [-0.2, -0.15) is 0 Å². The normalized spacial score (nSPS) is 12.6. The highest BCUT2D eigenvalue weighted by atomic mass is 19.1. The number of nitrogens with zero attached hydrogens (tertiary/aromatic N) is 1. The predicted molar refractivity (Wildman–Crippen MR) is 117 cm³/mol. The molecular weight excluding hydrogens is 411 g/mol. The van der Waals surface area contributed by atoms with Gasteiger partial charge in [-0.3, -0.25) is 9.78 Å². The molecule has 1 aliphatic rings. The molecule has 0 unspecified atom stereocenters. The summed E-state index contributed by atoms with van der Waals surface area (Å²) in [7, 11) is 0. The van der Waals surface area contributed by atoms with Crippen LogP contribution in [0.1, 0.15) is 38.2 Å². The van der Waals surface area contributed by atoms with Gasteiger partial charge in [0.2, 0.25) is 0 Å². The average Bonchev–Trinajstić information content (AvgIpc) is 2.79. The minimum atomic E-state index is -0.340. The minimum absolute atomic E-state index is 0.145. The van der Waals surface area contributed by atoms with E-state index >= 15 is 0 Å². The number of rotatable bonds is 7. The van der Waals surface area contributed by atoms with Crippen LogP contribution >= 0.6 is 0 Å². The highest BCUT2D eigenvalue weighted by Crippen LogP contribution is 2.30. The van der Waals surface area contributed by atoms with E-state index in [-0.39, 0.29) is 18.5 Å². The number of carbonyl (C=O) groups is 1. The lowest BCUT2D eigenvalue weighted by Crippen LogP contribution is -2.26. The molecule has 166 valence electrons. The third-order valence-electron chi connectivity index (χ3n) is 5.26. The first kappa shape index (κ1) is 21.8. The summed E-state index contributed by atoms with van der Waals surface area (Å²) in [6.45, 7) is 5.07. The monoisotopic (exact) mass is 436 g/mol. The van der Waals surface area contributed by atoms with Crippen LogP contribution in [0.4, 0.5) is 4.39 Å². The van der Waals surface area contributed by atoms with Crippen molar-refractivity contribution in [2.45, 2.75) is 33.5 Å². The Morgan fingerprint density at radius 1 is 1.22 bits per heavy atom. The number of carbonyl (C=O) groups excluding carboxylic acids is 1. The molecule has 0 fully saturated rings. The molecule has 3 aromatic rings. The topological polar surface area (TPSA) is 69.7 Å². The molecule has 1 N–H and O–H groups in total. The Labute approximate surface area is 186 Å². The van der Waals surface area contributed by atoms with Gasteiger partial charge >= 0.3 is 0 Å². The van der Waals surface area contributed by atoms with E-state index in [0.29, 0.717) is 43.1 Å². The molecule has 2 aromatic carbocycles. The van der Waals surface area contributed by atoms with Gasteiger partial charge in [-0.1, -0.05) is 6.07 Å². The second-order valence-corrected chi connectivity index (χ2v) is 7.76. The molecule has 0 saturated carbocycles. The van der Waals surface area contributed by atoms with Gasteiger partial charge in [0.05, 0.1) is 6.61 Å². The molecular formula is C25H25FN2O4. The fourth-order valence-electron chi connectivity index (χ4n) is 3.80. The number of amides is 1. The molecule has 0 saturated heterocycles. The Balaban J connectivity index is 1.38. The lowest BCUT2D eigenvalue weighted by atomic mass is 10.0. The Kier molecular flexibility index (Phi) is 6.66. The first-order chi connectivity index (χ1) is 15.5. The Bertz CT molecular complexity index is 1100. The maximum absolute atomic E-state index is 13.9. The number of aromatic nitrogens is 1. The number of fused-ring (bicyclic) bond motifs is 1. The fourth-order valence-corrected chi connectivity index (χ4v) is 3.80. The number of nitrogens with one attached hydrogen (secondary N) is 1. The Hall–Kier alpha value is -3.45. The lowest BCUT2D eigenvalue weighted by molar-refractivity contribution is -0.0172. The summed E-state index contributed by atoms with van der Waals surface area (Å²) in [5, 5.41) is 2.91. The number of hydrogen-bond donors (Lipinski definition) is 1. The molecule has 1 aliphatic heterocycles. The summed E-state index contributed by atoms with van der Waals surface area (Å²) in [4.78, 5) is 16.8. The van der Waals surface area contributed by atoms with Crippen molar-refractivity contribution in [3.8, 4) is 11.5 Å². The number of halogens is 1. The van der Waals surface area contributed by atoms with Crippen LogP contribution in [0, 0.1) is 19.7 Å². The van der Waals surface area contributed by atoms with Gasteiger partial charge in [-0.25, -0.2) is 4.39 Å². The summed E-state index contributed by atoms with van der Waals surface area (Å²) >= 11 is 0. The third-order valence-corrected chi connectivity index (χ3v) is 5.26. The van der Waals surface area contributed by atoms with Gasteiger partial charge in [0.15, 0.2) is 6.79 Å². The molecule has 0 aliphatic carbocycles. The Morgan fingerprint density at radius 3 is 2.78 bits per heavy atom. The van der Waals surface area contributed by atoms with Gasteiger partial charge in [0.25, 0.3) is 5.91 Å².